The van der Waals surface area contributed by atoms with E-state index in [0.29, 0.717) is 22.1 Å². The minimum Gasteiger partial charge on any atom is -0.390 e. The van der Waals surface area contributed by atoms with Crippen LogP contribution in [0.1, 0.15) is 36.2 Å². The second kappa shape index (κ2) is 11.3. The van der Waals surface area contributed by atoms with Crippen LogP contribution in [0.2, 0.25) is 0 Å². The van der Waals surface area contributed by atoms with Crippen molar-refractivity contribution in [2.75, 3.05) is 22.2 Å². The molecule has 4 atom stereocenters. The highest BCUT2D eigenvalue weighted by Crippen LogP contribution is 2.40. The fraction of sp³-hybridized carbons (Fsp3) is 0.448. The lowest BCUT2D eigenvalue weighted by Gasteiger charge is -2.26. The molecule has 4 aromatic rings. The summed E-state index contributed by atoms with van der Waals surface area (Å²) in [5.41, 5.74) is 2.54. The lowest BCUT2D eigenvalue weighted by Crippen LogP contribution is -2.36. The average Bonchev–Trinajstić information content (AvgIpc) is 3.62. The van der Waals surface area contributed by atoms with Crippen LogP contribution in [0.15, 0.2) is 30.5 Å². The molecule has 3 N–H and O–H groups in total. The topological polar surface area (TPSA) is 141 Å². The molecule has 0 unspecified atom stereocenters. The highest BCUT2D eigenvalue weighted by atomic mass is 32.2. The van der Waals surface area contributed by atoms with Gasteiger partial charge in [-0.05, 0) is 51.3 Å². The third kappa shape index (κ3) is 6.06. The van der Waals surface area contributed by atoms with Crippen molar-refractivity contribution in [2.24, 2.45) is 5.92 Å². The lowest BCUT2D eigenvalue weighted by atomic mass is 10.1. The Hall–Kier alpha value is -3.33. The number of nitrogens with one attached hydrogen (secondary N) is 1. The van der Waals surface area contributed by atoms with Crippen LogP contribution in [0, 0.1) is 31.4 Å². The smallest absolute Gasteiger partial charge is 0.228 e. The van der Waals surface area contributed by atoms with Crippen molar-refractivity contribution in [1.29, 1.82) is 0 Å². The lowest BCUT2D eigenvalue weighted by molar-refractivity contribution is 0.0216. The van der Waals surface area contributed by atoms with Crippen LogP contribution in [0.3, 0.4) is 0 Å². The van der Waals surface area contributed by atoms with E-state index in [1.807, 2.05) is 13.0 Å². The number of halogens is 2. The zero-order valence-corrected chi connectivity index (χ0v) is 25.5. The van der Waals surface area contributed by atoms with Gasteiger partial charge >= 0.3 is 0 Å². The van der Waals surface area contributed by atoms with Gasteiger partial charge in [0.2, 0.25) is 5.95 Å². The van der Waals surface area contributed by atoms with Gasteiger partial charge in [-0.15, -0.1) is 11.3 Å². The Labute approximate surface area is 251 Å². The Kier molecular flexibility index (Phi) is 7.82. The van der Waals surface area contributed by atoms with Crippen LogP contribution in [0.5, 0.6) is 0 Å². The van der Waals surface area contributed by atoms with Crippen molar-refractivity contribution >= 4 is 43.2 Å². The summed E-state index contributed by atoms with van der Waals surface area (Å²) in [4.78, 5) is 20.6. The molecule has 10 nitrogen and oxygen atoms in total. The number of pyridine rings is 1. The number of thiazole rings is 1. The molecule has 228 valence electrons. The molecule has 14 heteroatoms. The maximum Gasteiger partial charge on any atom is 0.228 e. The van der Waals surface area contributed by atoms with Crippen LogP contribution in [0.4, 0.5) is 20.5 Å². The quantitative estimate of drug-likeness (QED) is 0.250. The molecule has 2 fully saturated rings. The Morgan fingerprint density at radius 1 is 1.05 bits per heavy atom. The molecule has 0 radical (unpaired) electrons. The van der Waals surface area contributed by atoms with E-state index in [9.17, 15) is 27.4 Å². The Morgan fingerprint density at radius 2 is 1.77 bits per heavy atom. The zero-order chi connectivity index (χ0) is 30.6. The zero-order valence-electron chi connectivity index (χ0n) is 23.8. The molecule has 2 aliphatic carbocycles. The number of aliphatic hydroxyl groups is 2. The Bertz CT molecular complexity index is 1780. The largest absolute Gasteiger partial charge is 0.390 e. The number of nitrogens with zero attached hydrogens (tertiary/aromatic N) is 5. The summed E-state index contributed by atoms with van der Waals surface area (Å²) in [6.45, 7) is 3.59. The van der Waals surface area contributed by atoms with Gasteiger partial charge in [0.1, 0.15) is 43.9 Å². The molecule has 3 heterocycles. The van der Waals surface area contributed by atoms with E-state index in [0.717, 1.165) is 35.0 Å². The summed E-state index contributed by atoms with van der Waals surface area (Å²) in [7, 11) is -3.40. The first-order valence-electron chi connectivity index (χ1n) is 14.0. The predicted octanol–water partition coefficient (Wildman–Crippen LogP) is 3.78. The van der Waals surface area contributed by atoms with E-state index in [1.165, 1.54) is 29.5 Å². The number of aliphatic hydroxyl groups excluding tert-OH is 2. The van der Waals surface area contributed by atoms with E-state index >= 15 is 0 Å². The molecule has 6 rings (SSSR count). The van der Waals surface area contributed by atoms with Gasteiger partial charge in [-0.1, -0.05) is 6.07 Å². The van der Waals surface area contributed by atoms with E-state index in [4.69, 9.17) is 15.0 Å². The van der Waals surface area contributed by atoms with Crippen molar-refractivity contribution in [3.63, 3.8) is 0 Å². The van der Waals surface area contributed by atoms with Gasteiger partial charge in [0.15, 0.2) is 0 Å². The van der Waals surface area contributed by atoms with Crippen molar-refractivity contribution in [1.82, 2.24) is 19.9 Å². The maximum atomic E-state index is 14.7. The molecule has 3 aromatic heterocycles. The fourth-order valence-electron chi connectivity index (χ4n) is 5.74. The Morgan fingerprint density at radius 3 is 2.42 bits per heavy atom. The number of aryl methyl sites for hydroxylation is 2. The summed E-state index contributed by atoms with van der Waals surface area (Å²) >= 11 is 1.42. The minimum atomic E-state index is -3.40. The minimum absolute atomic E-state index is 0.00804. The van der Waals surface area contributed by atoms with E-state index in [-0.39, 0.29) is 36.3 Å². The monoisotopic (exact) mass is 630 g/mol. The van der Waals surface area contributed by atoms with Crippen molar-refractivity contribution < 1.29 is 27.4 Å². The normalized spacial score (nSPS) is 22.3. The Balaban J connectivity index is 1.43. The molecule has 2 saturated carbocycles. The molecule has 0 spiro atoms. The molecule has 0 bridgehead atoms. The van der Waals surface area contributed by atoms with Crippen LogP contribution < -0.4 is 10.2 Å². The molecular formula is C29H32F2N6O4S2. The highest BCUT2D eigenvalue weighted by Gasteiger charge is 2.43. The predicted molar refractivity (Wildman–Crippen MR) is 161 cm³/mol. The van der Waals surface area contributed by atoms with Crippen molar-refractivity contribution in [2.45, 2.75) is 63.9 Å². The van der Waals surface area contributed by atoms with E-state index < -0.39 is 45.6 Å². The molecule has 0 aliphatic heterocycles. The maximum absolute atomic E-state index is 14.7. The summed E-state index contributed by atoms with van der Waals surface area (Å²) in [6.07, 6.45) is 2.11. The van der Waals surface area contributed by atoms with Crippen LogP contribution in [-0.4, -0.2) is 74.9 Å². The van der Waals surface area contributed by atoms with Crippen LogP contribution >= 0.6 is 11.3 Å². The van der Waals surface area contributed by atoms with Crippen molar-refractivity contribution in [3.05, 3.63) is 59.0 Å². The first-order chi connectivity index (χ1) is 20.4. The van der Waals surface area contributed by atoms with Gasteiger partial charge in [0.05, 0.1) is 46.1 Å². The highest BCUT2D eigenvalue weighted by molar-refractivity contribution is 7.90. The second-order valence-corrected chi connectivity index (χ2v) is 14.7. The number of aromatic nitrogens is 4. The fourth-order valence-corrected chi connectivity index (χ4v) is 7.96. The molecule has 0 amide bonds. The number of benzene rings is 1. The molecule has 2 aliphatic rings. The second-order valence-electron chi connectivity index (χ2n) is 11.5. The van der Waals surface area contributed by atoms with Gasteiger partial charge in [-0.25, -0.2) is 27.2 Å². The van der Waals surface area contributed by atoms with Crippen LogP contribution in [0.25, 0.3) is 20.8 Å². The van der Waals surface area contributed by atoms with Gasteiger partial charge in [-0.2, -0.15) is 4.98 Å². The number of fused-ring (bicyclic) bond motifs is 1. The van der Waals surface area contributed by atoms with Crippen molar-refractivity contribution in [3.8, 4) is 10.6 Å². The first kappa shape index (κ1) is 29.7. The summed E-state index contributed by atoms with van der Waals surface area (Å²) in [6, 6.07) is 4.89. The summed E-state index contributed by atoms with van der Waals surface area (Å²) in [5, 5.41) is 25.5. The number of rotatable bonds is 9. The van der Waals surface area contributed by atoms with Gasteiger partial charge < -0.3 is 20.4 Å². The third-order valence-corrected chi connectivity index (χ3v) is 10.1. The SMILES string of the molecule is Cc1nc(N(Cc2c(F)cccc2F)C2CC2)nc(N[C@@H]2C[C@H](CS(C)(=O)=O)[C@@H](O)[C@H]2O)c1-c1nc2c(C)nccc2s1. The van der Waals surface area contributed by atoms with Gasteiger partial charge in [0.25, 0.3) is 0 Å². The summed E-state index contributed by atoms with van der Waals surface area (Å²) in [5.74, 6) is -1.67. The average molecular weight is 631 g/mol. The number of sulfone groups is 1. The van der Waals surface area contributed by atoms with Crippen LogP contribution in [-0.2, 0) is 16.4 Å². The van der Waals surface area contributed by atoms with E-state index in [2.05, 4.69) is 10.3 Å². The molecule has 0 saturated heterocycles. The standard InChI is InChI=1S/C29H32F2N6O4S2/c1-14-23(28-35-24-15(2)32-10-9-22(24)42-28)27(34-21-11-16(13-43(3,40)41)25(38)26(21)39)36-29(33-14)37(17-7-8-17)12-18-19(30)5-4-6-20(18)31/h4-6,9-10,16-17,21,25-26,38-39H,7-8,11-13H2,1-3H3,(H,33,34,36)/t16-,21-,25-,26+/m1/s1. The van der Waals surface area contributed by atoms with Gasteiger partial charge in [0, 0.05) is 30.0 Å². The number of hydrogen-bond acceptors (Lipinski definition) is 11. The molecule has 43 heavy (non-hydrogen) atoms. The molecule has 1 aromatic carbocycles. The number of hydrogen-bond donors (Lipinski definition) is 3. The molecular weight excluding hydrogens is 598 g/mol. The summed E-state index contributed by atoms with van der Waals surface area (Å²) < 4.78 is 54.2. The van der Waals surface area contributed by atoms with Gasteiger partial charge in [-0.3, -0.25) is 4.98 Å². The van der Waals surface area contributed by atoms with E-state index in [1.54, 1.807) is 18.0 Å². The third-order valence-electron chi connectivity index (χ3n) is 8.06. The number of anilines is 2. The first-order valence-corrected chi connectivity index (χ1v) is 16.9.